The zero-order valence-corrected chi connectivity index (χ0v) is 16.6. The normalized spacial score (nSPS) is 14.1. The number of ether oxygens (including phenoxy) is 2. The molecule has 0 spiro atoms. The lowest BCUT2D eigenvalue weighted by molar-refractivity contribution is -0.152. The van der Waals surface area contributed by atoms with Crippen LogP contribution in [0, 0.1) is 11.7 Å². The lowest BCUT2D eigenvalue weighted by Gasteiger charge is -2.31. The van der Waals surface area contributed by atoms with Gasteiger partial charge in [-0.05, 0) is 49.2 Å². The average molecular weight is 414 g/mol. The van der Waals surface area contributed by atoms with E-state index in [1.54, 1.807) is 29.2 Å². The molecule has 0 saturated carbocycles. The van der Waals surface area contributed by atoms with Crippen LogP contribution >= 0.6 is 0 Å². The van der Waals surface area contributed by atoms with Gasteiger partial charge in [0.15, 0.2) is 6.61 Å². The number of nitrogens with zero attached hydrogens (tertiary/aromatic N) is 1. The van der Waals surface area contributed by atoms with Crippen molar-refractivity contribution in [3.8, 4) is 5.75 Å². The minimum atomic E-state index is -0.461. The highest BCUT2D eigenvalue weighted by atomic mass is 19.1. The maximum Gasteiger partial charge on any atom is 0.309 e. The third kappa shape index (κ3) is 5.34. The molecular weight excluding hydrogens is 391 g/mol. The van der Waals surface area contributed by atoms with Crippen LogP contribution in [0.3, 0.4) is 0 Å². The van der Waals surface area contributed by atoms with Crippen LogP contribution < -0.4 is 10.1 Å². The number of carbonyl (C=O) groups excluding carboxylic acids is 3. The van der Waals surface area contributed by atoms with Gasteiger partial charge >= 0.3 is 5.97 Å². The van der Waals surface area contributed by atoms with Gasteiger partial charge < -0.3 is 19.7 Å². The molecule has 0 aromatic heterocycles. The van der Waals surface area contributed by atoms with E-state index in [1.165, 1.54) is 31.4 Å². The van der Waals surface area contributed by atoms with E-state index in [1.807, 2.05) is 0 Å². The summed E-state index contributed by atoms with van der Waals surface area (Å²) in [6.07, 6.45) is 0.889. The molecule has 1 N–H and O–H groups in total. The van der Waals surface area contributed by atoms with E-state index >= 15 is 0 Å². The Hall–Kier alpha value is -3.42. The molecule has 158 valence electrons. The first-order valence-electron chi connectivity index (χ1n) is 9.62. The van der Waals surface area contributed by atoms with Crippen molar-refractivity contribution >= 4 is 23.5 Å². The molecule has 0 aliphatic carbocycles. The Morgan fingerprint density at radius 3 is 2.40 bits per heavy atom. The maximum absolute atomic E-state index is 13.0. The smallest absolute Gasteiger partial charge is 0.309 e. The molecule has 7 nitrogen and oxygen atoms in total. The number of rotatable bonds is 6. The number of piperidine rings is 1. The van der Waals surface area contributed by atoms with Crippen LogP contribution in [0.2, 0.25) is 0 Å². The van der Waals surface area contributed by atoms with Crippen LogP contribution in [0.5, 0.6) is 5.75 Å². The van der Waals surface area contributed by atoms with E-state index in [-0.39, 0.29) is 11.8 Å². The summed E-state index contributed by atoms with van der Waals surface area (Å²) in [5, 5.41) is 2.64. The highest BCUT2D eigenvalue weighted by Crippen LogP contribution is 2.23. The van der Waals surface area contributed by atoms with E-state index in [2.05, 4.69) is 5.32 Å². The van der Waals surface area contributed by atoms with Crippen LogP contribution in [0.1, 0.15) is 23.2 Å². The van der Waals surface area contributed by atoms with E-state index in [9.17, 15) is 18.8 Å². The summed E-state index contributed by atoms with van der Waals surface area (Å²) in [4.78, 5) is 38.4. The Balaban J connectivity index is 1.44. The van der Waals surface area contributed by atoms with E-state index in [4.69, 9.17) is 9.47 Å². The summed E-state index contributed by atoms with van der Waals surface area (Å²) in [6.45, 7) is 0.387. The second-order valence-corrected chi connectivity index (χ2v) is 6.93. The van der Waals surface area contributed by atoms with Crippen molar-refractivity contribution in [3.05, 3.63) is 59.9 Å². The van der Waals surface area contributed by atoms with Gasteiger partial charge in [-0.1, -0.05) is 12.1 Å². The van der Waals surface area contributed by atoms with E-state index < -0.39 is 24.3 Å². The minimum Gasteiger partial charge on any atom is -0.495 e. The van der Waals surface area contributed by atoms with Crippen molar-refractivity contribution in [2.75, 3.05) is 32.1 Å². The van der Waals surface area contributed by atoms with Gasteiger partial charge in [-0.25, -0.2) is 4.39 Å². The summed E-state index contributed by atoms with van der Waals surface area (Å²) in [5.74, 6) is -1.38. The molecule has 3 rings (SSSR count). The first-order valence-corrected chi connectivity index (χ1v) is 9.62. The molecule has 0 bridgehead atoms. The summed E-state index contributed by atoms with van der Waals surface area (Å²) < 4.78 is 23.3. The lowest BCUT2D eigenvalue weighted by Crippen LogP contribution is -2.41. The number of para-hydroxylation sites is 2. The van der Waals surface area contributed by atoms with Crippen molar-refractivity contribution in [2.45, 2.75) is 12.8 Å². The number of anilines is 1. The molecule has 8 heteroatoms. The fourth-order valence-electron chi connectivity index (χ4n) is 3.28. The van der Waals surface area contributed by atoms with Gasteiger partial charge in [-0.2, -0.15) is 0 Å². The summed E-state index contributed by atoms with van der Waals surface area (Å²) in [6, 6.07) is 12.3. The van der Waals surface area contributed by atoms with Gasteiger partial charge in [-0.15, -0.1) is 0 Å². The fourth-order valence-corrected chi connectivity index (χ4v) is 3.28. The number of carbonyl (C=O) groups is 3. The number of amides is 2. The number of likely N-dealkylation sites (tertiary alicyclic amines) is 1. The van der Waals surface area contributed by atoms with E-state index in [0.29, 0.717) is 42.9 Å². The molecule has 30 heavy (non-hydrogen) atoms. The first-order chi connectivity index (χ1) is 14.5. The molecule has 1 saturated heterocycles. The van der Waals surface area contributed by atoms with Gasteiger partial charge in [0.05, 0.1) is 18.7 Å². The van der Waals surface area contributed by atoms with Gasteiger partial charge in [-0.3, -0.25) is 14.4 Å². The summed E-state index contributed by atoms with van der Waals surface area (Å²) in [7, 11) is 1.50. The Morgan fingerprint density at radius 1 is 1.07 bits per heavy atom. The molecule has 2 aromatic carbocycles. The monoisotopic (exact) mass is 414 g/mol. The number of methoxy groups -OCH3 is 1. The zero-order chi connectivity index (χ0) is 21.5. The average Bonchev–Trinajstić information content (AvgIpc) is 2.78. The van der Waals surface area contributed by atoms with E-state index in [0.717, 1.165) is 0 Å². The van der Waals surface area contributed by atoms with Crippen LogP contribution in [0.4, 0.5) is 10.1 Å². The first kappa shape index (κ1) is 21.3. The second kappa shape index (κ2) is 9.87. The maximum atomic E-state index is 13.0. The predicted octanol–water partition coefficient (Wildman–Crippen LogP) is 2.87. The number of hydrogen-bond donors (Lipinski definition) is 1. The molecule has 0 radical (unpaired) electrons. The van der Waals surface area contributed by atoms with Crippen LogP contribution in [0.15, 0.2) is 48.5 Å². The molecule has 0 atom stereocenters. The summed E-state index contributed by atoms with van der Waals surface area (Å²) in [5.41, 5.74) is 0.902. The Morgan fingerprint density at radius 2 is 1.73 bits per heavy atom. The van der Waals surface area contributed by atoms with Gasteiger partial charge in [0.25, 0.3) is 11.8 Å². The molecule has 1 heterocycles. The molecule has 1 aliphatic rings. The molecule has 2 aromatic rings. The van der Waals surface area contributed by atoms with Gasteiger partial charge in [0.1, 0.15) is 11.6 Å². The van der Waals surface area contributed by atoms with Gasteiger partial charge in [0, 0.05) is 18.7 Å². The molecule has 1 aliphatic heterocycles. The fraction of sp³-hybridized carbons (Fsp3) is 0.318. The third-order valence-corrected chi connectivity index (χ3v) is 4.93. The van der Waals surface area contributed by atoms with Crippen LogP contribution in [0.25, 0.3) is 0 Å². The Bertz CT molecular complexity index is 908. The molecule has 0 unspecified atom stereocenters. The van der Waals surface area contributed by atoms with Crippen LogP contribution in [-0.2, 0) is 14.3 Å². The highest BCUT2D eigenvalue weighted by Gasteiger charge is 2.29. The highest BCUT2D eigenvalue weighted by molar-refractivity contribution is 5.95. The van der Waals surface area contributed by atoms with Crippen molar-refractivity contribution < 1.29 is 28.2 Å². The van der Waals surface area contributed by atoms with Crippen molar-refractivity contribution in [3.63, 3.8) is 0 Å². The number of benzene rings is 2. The zero-order valence-electron chi connectivity index (χ0n) is 16.6. The second-order valence-electron chi connectivity index (χ2n) is 6.93. The quantitative estimate of drug-likeness (QED) is 0.735. The molecular formula is C22H23FN2O5. The van der Waals surface area contributed by atoms with Crippen molar-refractivity contribution in [1.29, 1.82) is 0 Å². The molecule has 1 fully saturated rings. The minimum absolute atomic E-state index is 0.196. The lowest BCUT2D eigenvalue weighted by atomic mass is 9.96. The van der Waals surface area contributed by atoms with Crippen molar-refractivity contribution in [1.82, 2.24) is 4.90 Å². The van der Waals surface area contributed by atoms with Crippen LogP contribution in [-0.4, -0.2) is 49.5 Å². The topological polar surface area (TPSA) is 84.9 Å². The Labute approximate surface area is 173 Å². The summed E-state index contributed by atoms with van der Waals surface area (Å²) >= 11 is 0. The third-order valence-electron chi connectivity index (χ3n) is 4.93. The van der Waals surface area contributed by atoms with Gasteiger partial charge in [0.2, 0.25) is 0 Å². The number of halogens is 1. The SMILES string of the molecule is COc1ccccc1NC(=O)COC(=O)C1CCN(C(=O)c2ccc(F)cc2)CC1. The number of nitrogens with one attached hydrogen (secondary N) is 1. The number of esters is 1. The molecule has 2 amide bonds. The largest absolute Gasteiger partial charge is 0.495 e. The standard InChI is InChI=1S/C22H23FN2O5/c1-29-19-5-3-2-4-18(19)24-20(26)14-30-22(28)16-10-12-25(13-11-16)21(27)15-6-8-17(23)9-7-15/h2-9,16H,10-14H2,1H3,(H,24,26). The predicted molar refractivity (Wildman–Crippen MR) is 108 cm³/mol. The number of hydrogen-bond acceptors (Lipinski definition) is 5. The Kier molecular flexibility index (Phi) is 7.00. The van der Waals surface area contributed by atoms with Crippen molar-refractivity contribution in [2.24, 2.45) is 5.92 Å².